The summed E-state index contributed by atoms with van der Waals surface area (Å²) in [5.41, 5.74) is 5.49. The molecule has 2 aromatic heterocycles. The van der Waals surface area contributed by atoms with Crippen molar-refractivity contribution in [1.82, 2.24) is 20.4 Å². The van der Waals surface area contributed by atoms with Gasteiger partial charge < -0.3 is 14.8 Å². The quantitative estimate of drug-likeness (QED) is 0.331. The lowest BCUT2D eigenvalue weighted by Crippen LogP contribution is -2.29. The maximum absolute atomic E-state index is 12.7. The van der Waals surface area contributed by atoms with Gasteiger partial charge in [-0.2, -0.15) is 4.98 Å². The van der Waals surface area contributed by atoms with Crippen molar-refractivity contribution in [2.24, 2.45) is 0 Å². The topological polar surface area (TPSA) is 83.8 Å². The van der Waals surface area contributed by atoms with E-state index in [1.54, 1.807) is 0 Å². The number of carbonyl (C=O) groups excluding carboxylic acids is 1. The molecule has 170 valence electrons. The maximum atomic E-state index is 12.7. The Kier molecular flexibility index (Phi) is 6.21. The van der Waals surface area contributed by atoms with Crippen LogP contribution in [-0.2, 0) is 11.2 Å². The summed E-state index contributed by atoms with van der Waals surface area (Å²) in [7, 11) is 0. The van der Waals surface area contributed by atoms with Crippen LogP contribution >= 0.6 is 0 Å². The number of aromatic amines is 1. The van der Waals surface area contributed by atoms with Crippen LogP contribution in [0.15, 0.2) is 89.6 Å². The van der Waals surface area contributed by atoms with Gasteiger partial charge in [0.25, 0.3) is 0 Å². The molecular formula is C28H26N4O2. The molecule has 5 aromatic rings. The van der Waals surface area contributed by atoms with Crippen LogP contribution in [0, 0.1) is 6.92 Å². The van der Waals surface area contributed by atoms with E-state index in [9.17, 15) is 4.79 Å². The highest BCUT2D eigenvalue weighted by Crippen LogP contribution is 2.30. The Morgan fingerprint density at radius 1 is 1.00 bits per heavy atom. The summed E-state index contributed by atoms with van der Waals surface area (Å²) in [6, 6.07) is 26.4. The van der Waals surface area contributed by atoms with Gasteiger partial charge in [0, 0.05) is 48.0 Å². The van der Waals surface area contributed by atoms with Gasteiger partial charge in [0.1, 0.15) is 0 Å². The first-order chi connectivity index (χ1) is 16.7. The van der Waals surface area contributed by atoms with Gasteiger partial charge in [0.05, 0.1) is 0 Å². The smallest absolute Gasteiger partial charge is 0.227 e. The molecular weight excluding hydrogens is 424 g/mol. The number of hydrogen-bond donors (Lipinski definition) is 2. The van der Waals surface area contributed by atoms with E-state index >= 15 is 0 Å². The monoisotopic (exact) mass is 450 g/mol. The Hall–Kier alpha value is -4.19. The number of aryl methyl sites for hydroxylation is 2. The summed E-state index contributed by atoms with van der Waals surface area (Å²) in [5, 5.41) is 8.32. The SMILES string of the molecule is Cc1ccc(-c2noc(CCC(=O)NCC(c3ccccc3)c3c[nH]c4ccccc34)n2)cc1. The number of nitrogens with one attached hydrogen (secondary N) is 2. The van der Waals surface area contributed by atoms with Gasteiger partial charge >= 0.3 is 0 Å². The van der Waals surface area contributed by atoms with Crippen molar-refractivity contribution in [2.75, 3.05) is 6.54 Å². The summed E-state index contributed by atoms with van der Waals surface area (Å²) in [6.07, 6.45) is 2.72. The highest BCUT2D eigenvalue weighted by molar-refractivity contribution is 5.84. The number of H-pyrrole nitrogens is 1. The second-order valence-electron chi connectivity index (χ2n) is 8.43. The molecule has 0 aliphatic carbocycles. The molecule has 0 radical (unpaired) electrons. The van der Waals surface area contributed by atoms with E-state index in [4.69, 9.17) is 4.52 Å². The molecule has 1 atom stereocenters. The number of amides is 1. The van der Waals surface area contributed by atoms with Crippen molar-refractivity contribution in [2.45, 2.75) is 25.7 Å². The number of fused-ring (bicyclic) bond motifs is 1. The highest BCUT2D eigenvalue weighted by Gasteiger charge is 2.19. The third-order valence-electron chi connectivity index (χ3n) is 6.05. The number of aromatic nitrogens is 3. The first-order valence-electron chi connectivity index (χ1n) is 11.4. The van der Waals surface area contributed by atoms with E-state index in [0.29, 0.717) is 24.7 Å². The zero-order valence-electron chi connectivity index (χ0n) is 19.0. The third kappa shape index (κ3) is 4.76. The Morgan fingerprint density at radius 2 is 1.76 bits per heavy atom. The second-order valence-corrected chi connectivity index (χ2v) is 8.43. The number of carbonyl (C=O) groups is 1. The predicted octanol–water partition coefficient (Wildman–Crippen LogP) is 5.41. The van der Waals surface area contributed by atoms with Gasteiger partial charge in [-0.15, -0.1) is 0 Å². The van der Waals surface area contributed by atoms with Crippen LogP contribution in [0.5, 0.6) is 0 Å². The zero-order chi connectivity index (χ0) is 23.3. The summed E-state index contributed by atoms with van der Waals surface area (Å²) >= 11 is 0. The molecule has 1 amide bonds. The van der Waals surface area contributed by atoms with Gasteiger partial charge in [-0.25, -0.2) is 0 Å². The van der Waals surface area contributed by atoms with E-state index in [2.05, 4.69) is 44.7 Å². The van der Waals surface area contributed by atoms with E-state index in [1.807, 2.05) is 67.7 Å². The van der Waals surface area contributed by atoms with Gasteiger partial charge in [0.2, 0.25) is 17.6 Å². The number of benzene rings is 3. The van der Waals surface area contributed by atoms with Crippen LogP contribution in [0.3, 0.4) is 0 Å². The fraction of sp³-hybridized carbons (Fsp3) is 0.179. The Balaban J connectivity index is 1.24. The molecule has 0 saturated heterocycles. The minimum Gasteiger partial charge on any atom is -0.361 e. The van der Waals surface area contributed by atoms with Crippen molar-refractivity contribution in [3.8, 4) is 11.4 Å². The van der Waals surface area contributed by atoms with Gasteiger partial charge in [-0.1, -0.05) is 83.5 Å². The average molecular weight is 451 g/mol. The van der Waals surface area contributed by atoms with Crippen molar-refractivity contribution < 1.29 is 9.32 Å². The molecule has 5 rings (SSSR count). The Bertz CT molecular complexity index is 1390. The fourth-order valence-electron chi connectivity index (χ4n) is 4.18. The summed E-state index contributed by atoms with van der Waals surface area (Å²) in [5.74, 6) is 0.995. The van der Waals surface area contributed by atoms with Crippen LogP contribution in [0.2, 0.25) is 0 Å². The maximum Gasteiger partial charge on any atom is 0.227 e. The second kappa shape index (κ2) is 9.75. The summed E-state index contributed by atoms with van der Waals surface area (Å²) in [4.78, 5) is 20.5. The number of rotatable bonds is 8. The number of hydrogen-bond acceptors (Lipinski definition) is 4. The number of nitrogens with zero attached hydrogens (tertiary/aromatic N) is 2. The molecule has 2 heterocycles. The molecule has 0 spiro atoms. The van der Waals surface area contributed by atoms with E-state index < -0.39 is 0 Å². The molecule has 0 fully saturated rings. The first kappa shape index (κ1) is 21.6. The lowest BCUT2D eigenvalue weighted by atomic mass is 9.91. The van der Waals surface area contributed by atoms with Crippen LogP contribution in [0.4, 0.5) is 0 Å². The third-order valence-corrected chi connectivity index (χ3v) is 6.05. The van der Waals surface area contributed by atoms with E-state index in [-0.39, 0.29) is 18.2 Å². The van der Waals surface area contributed by atoms with Crippen LogP contribution in [0.1, 0.15) is 34.9 Å². The lowest BCUT2D eigenvalue weighted by molar-refractivity contribution is -0.121. The molecule has 0 aliphatic rings. The van der Waals surface area contributed by atoms with E-state index in [0.717, 1.165) is 16.6 Å². The first-order valence-corrected chi connectivity index (χ1v) is 11.4. The Morgan fingerprint density at radius 3 is 2.59 bits per heavy atom. The molecule has 1 unspecified atom stereocenters. The Labute approximate surface area is 198 Å². The van der Waals surface area contributed by atoms with Crippen molar-refractivity contribution in [3.05, 3.63) is 108 Å². The molecule has 3 aromatic carbocycles. The molecule has 6 nitrogen and oxygen atoms in total. The van der Waals surface area contributed by atoms with Crippen LogP contribution < -0.4 is 5.32 Å². The molecule has 0 bridgehead atoms. The number of para-hydroxylation sites is 1. The van der Waals surface area contributed by atoms with Gasteiger partial charge in [0.15, 0.2) is 0 Å². The normalized spacial score (nSPS) is 12.0. The van der Waals surface area contributed by atoms with Crippen molar-refractivity contribution in [3.63, 3.8) is 0 Å². The molecule has 0 saturated carbocycles. The van der Waals surface area contributed by atoms with Gasteiger partial charge in [-0.05, 0) is 24.1 Å². The highest BCUT2D eigenvalue weighted by atomic mass is 16.5. The lowest BCUT2D eigenvalue weighted by Gasteiger charge is -2.18. The largest absolute Gasteiger partial charge is 0.361 e. The van der Waals surface area contributed by atoms with Gasteiger partial charge in [-0.3, -0.25) is 4.79 Å². The zero-order valence-corrected chi connectivity index (χ0v) is 19.0. The fourth-order valence-corrected chi connectivity index (χ4v) is 4.18. The van der Waals surface area contributed by atoms with Crippen LogP contribution in [0.25, 0.3) is 22.3 Å². The molecule has 6 heteroatoms. The predicted molar refractivity (Wildman–Crippen MR) is 132 cm³/mol. The minimum absolute atomic E-state index is 0.0397. The summed E-state index contributed by atoms with van der Waals surface area (Å²) < 4.78 is 5.36. The average Bonchev–Trinajstić information content (AvgIpc) is 3.52. The standard InChI is InChI=1S/C28H26N4O2/c1-19-11-13-21(14-12-19)28-31-27(34-32-28)16-15-26(33)30-17-23(20-7-3-2-4-8-20)24-18-29-25-10-6-5-9-22(24)25/h2-14,18,23,29H,15-17H2,1H3,(H,30,33). The molecule has 0 aliphatic heterocycles. The minimum atomic E-state index is -0.0455. The van der Waals surface area contributed by atoms with E-state index in [1.165, 1.54) is 16.5 Å². The van der Waals surface area contributed by atoms with Crippen molar-refractivity contribution >= 4 is 16.8 Å². The van der Waals surface area contributed by atoms with Crippen LogP contribution in [-0.4, -0.2) is 27.6 Å². The molecule has 34 heavy (non-hydrogen) atoms. The molecule has 2 N–H and O–H groups in total. The van der Waals surface area contributed by atoms with Crippen molar-refractivity contribution in [1.29, 1.82) is 0 Å². The summed E-state index contributed by atoms with van der Waals surface area (Å²) in [6.45, 7) is 2.54.